The zero-order valence-electron chi connectivity index (χ0n) is 16.0. The van der Waals surface area contributed by atoms with E-state index in [1.807, 2.05) is 30.3 Å². The summed E-state index contributed by atoms with van der Waals surface area (Å²) in [4.78, 5) is 27.8. The van der Waals surface area contributed by atoms with Gasteiger partial charge in [0.05, 0.1) is 25.8 Å². The summed E-state index contributed by atoms with van der Waals surface area (Å²) in [7, 11) is 3.13. The molecule has 1 heterocycles. The fourth-order valence-corrected chi connectivity index (χ4v) is 3.92. The molecule has 0 radical (unpaired) electrons. The lowest BCUT2D eigenvalue weighted by atomic mass is 10.1. The number of carbonyl (C=O) groups excluding carboxylic acids is 2. The van der Waals surface area contributed by atoms with Gasteiger partial charge in [0.15, 0.2) is 0 Å². The first-order chi connectivity index (χ1) is 13.6. The van der Waals surface area contributed by atoms with Gasteiger partial charge in [0.25, 0.3) is 0 Å². The van der Waals surface area contributed by atoms with Crippen molar-refractivity contribution in [1.82, 2.24) is 5.32 Å². The van der Waals surface area contributed by atoms with Crippen molar-refractivity contribution in [3.63, 3.8) is 0 Å². The molecule has 7 heteroatoms. The van der Waals surface area contributed by atoms with Crippen LogP contribution in [0.15, 0.2) is 53.4 Å². The number of methoxy groups -OCH3 is 2. The Kier molecular flexibility index (Phi) is 6.81. The van der Waals surface area contributed by atoms with E-state index in [2.05, 4.69) is 5.32 Å². The summed E-state index contributed by atoms with van der Waals surface area (Å²) >= 11 is 1.69. The number of amides is 2. The first kappa shape index (κ1) is 20.1. The molecule has 3 rings (SSSR count). The number of thioether (sulfide) groups is 1. The van der Waals surface area contributed by atoms with Crippen LogP contribution in [-0.4, -0.2) is 44.9 Å². The molecular formula is C21H24N2O4S. The lowest BCUT2D eigenvalue weighted by molar-refractivity contribution is -0.126. The number of hydrogen-bond donors (Lipinski definition) is 1. The highest BCUT2D eigenvalue weighted by molar-refractivity contribution is 7.99. The van der Waals surface area contributed by atoms with E-state index in [0.29, 0.717) is 30.3 Å². The SMILES string of the molecule is COc1ccc(OC)c(N2CC(C(=O)NCCSc3ccccc3)CC2=O)c1. The van der Waals surface area contributed by atoms with E-state index < -0.39 is 0 Å². The quantitative estimate of drug-likeness (QED) is 0.545. The van der Waals surface area contributed by atoms with E-state index >= 15 is 0 Å². The molecule has 0 bridgehead atoms. The second kappa shape index (κ2) is 9.50. The van der Waals surface area contributed by atoms with Crippen molar-refractivity contribution in [2.24, 2.45) is 5.92 Å². The predicted octanol–water partition coefficient (Wildman–Crippen LogP) is 2.97. The Hall–Kier alpha value is -2.67. The van der Waals surface area contributed by atoms with Crippen molar-refractivity contribution >= 4 is 29.3 Å². The van der Waals surface area contributed by atoms with E-state index in [-0.39, 0.29) is 24.2 Å². The molecule has 1 aliphatic heterocycles. The van der Waals surface area contributed by atoms with Crippen molar-refractivity contribution < 1.29 is 19.1 Å². The molecule has 1 atom stereocenters. The van der Waals surface area contributed by atoms with Crippen LogP contribution in [-0.2, 0) is 9.59 Å². The molecule has 148 valence electrons. The second-order valence-corrected chi connectivity index (χ2v) is 7.56. The van der Waals surface area contributed by atoms with Crippen molar-refractivity contribution in [3.8, 4) is 11.5 Å². The standard InChI is InChI=1S/C21H24N2O4S/c1-26-16-8-9-19(27-2)18(13-16)23-14-15(12-20(23)24)21(25)22-10-11-28-17-6-4-3-5-7-17/h3-9,13,15H,10-12,14H2,1-2H3,(H,22,25). The monoisotopic (exact) mass is 400 g/mol. The zero-order valence-corrected chi connectivity index (χ0v) is 16.8. The molecule has 0 spiro atoms. The third-order valence-electron chi connectivity index (χ3n) is 4.59. The zero-order chi connectivity index (χ0) is 19.9. The first-order valence-corrected chi connectivity index (χ1v) is 10.1. The van der Waals surface area contributed by atoms with Gasteiger partial charge in [-0.25, -0.2) is 0 Å². The maximum Gasteiger partial charge on any atom is 0.227 e. The summed E-state index contributed by atoms with van der Waals surface area (Å²) in [6, 6.07) is 15.3. The summed E-state index contributed by atoms with van der Waals surface area (Å²) < 4.78 is 10.6. The summed E-state index contributed by atoms with van der Waals surface area (Å²) in [6.07, 6.45) is 0.192. The Morgan fingerprint density at radius 2 is 1.96 bits per heavy atom. The lowest BCUT2D eigenvalue weighted by Gasteiger charge is -2.20. The average Bonchev–Trinajstić information content (AvgIpc) is 3.13. The highest BCUT2D eigenvalue weighted by Crippen LogP contribution is 2.36. The van der Waals surface area contributed by atoms with Gasteiger partial charge in [-0.15, -0.1) is 11.8 Å². The van der Waals surface area contributed by atoms with E-state index in [4.69, 9.17) is 9.47 Å². The minimum absolute atomic E-state index is 0.0913. The van der Waals surface area contributed by atoms with Crippen LogP contribution in [0.5, 0.6) is 11.5 Å². The van der Waals surface area contributed by atoms with Crippen LogP contribution in [0, 0.1) is 5.92 Å². The van der Waals surface area contributed by atoms with Gasteiger partial charge in [-0.05, 0) is 24.3 Å². The minimum Gasteiger partial charge on any atom is -0.497 e. The molecule has 28 heavy (non-hydrogen) atoms. The molecule has 1 unspecified atom stereocenters. The van der Waals surface area contributed by atoms with Crippen LogP contribution >= 0.6 is 11.8 Å². The molecule has 2 aromatic rings. The molecule has 1 aliphatic rings. The topological polar surface area (TPSA) is 67.9 Å². The number of carbonyl (C=O) groups is 2. The van der Waals surface area contributed by atoms with Gasteiger partial charge in [-0.1, -0.05) is 18.2 Å². The van der Waals surface area contributed by atoms with Crippen molar-refractivity contribution in [2.45, 2.75) is 11.3 Å². The van der Waals surface area contributed by atoms with Crippen molar-refractivity contribution in [2.75, 3.05) is 38.0 Å². The van der Waals surface area contributed by atoms with Crippen LogP contribution in [0.25, 0.3) is 0 Å². The van der Waals surface area contributed by atoms with Crippen LogP contribution in [0.3, 0.4) is 0 Å². The number of nitrogens with one attached hydrogen (secondary N) is 1. The molecule has 6 nitrogen and oxygen atoms in total. The Morgan fingerprint density at radius 1 is 1.18 bits per heavy atom. The third kappa shape index (κ3) is 4.78. The summed E-state index contributed by atoms with van der Waals surface area (Å²) in [5, 5.41) is 2.94. The molecule has 2 aromatic carbocycles. The van der Waals surface area contributed by atoms with Gasteiger partial charge >= 0.3 is 0 Å². The predicted molar refractivity (Wildman–Crippen MR) is 110 cm³/mol. The number of benzene rings is 2. The smallest absolute Gasteiger partial charge is 0.227 e. The van der Waals surface area contributed by atoms with Crippen LogP contribution in [0.1, 0.15) is 6.42 Å². The highest BCUT2D eigenvalue weighted by atomic mass is 32.2. The summed E-state index contributed by atoms with van der Waals surface area (Å²) in [6.45, 7) is 0.894. The number of anilines is 1. The highest BCUT2D eigenvalue weighted by Gasteiger charge is 2.36. The normalized spacial score (nSPS) is 16.1. The van der Waals surface area contributed by atoms with E-state index in [1.165, 1.54) is 4.90 Å². The first-order valence-electron chi connectivity index (χ1n) is 9.10. The number of ether oxygens (including phenoxy) is 2. The molecule has 1 N–H and O–H groups in total. The van der Waals surface area contributed by atoms with E-state index in [0.717, 1.165) is 5.75 Å². The largest absolute Gasteiger partial charge is 0.497 e. The Labute approximate surface area is 169 Å². The lowest BCUT2D eigenvalue weighted by Crippen LogP contribution is -2.34. The van der Waals surface area contributed by atoms with E-state index in [1.54, 1.807) is 49.1 Å². The van der Waals surface area contributed by atoms with Gasteiger partial charge in [0.1, 0.15) is 11.5 Å². The Bertz CT molecular complexity index is 828. The van der Waals surface area contributed by atoms with Gasteiger partial charge in [-0.2, -0.15) is 0 Å². The molecule has 2 amide bonds. The number of nitrogens with zero attached hydrogens (tertiary/aromatic N) is 1. The molecule has 1 saturated heterocycles. The van der Waals surface area contributed by atoms with E-state index in [9.17, 15) is 9.59 Å². The minimum atomic E-state index is -0.370. The van der Waals surface area contributed by atoms with Crippen molar-refractivity contribution in [1.29, 1.82) is 0 Å². The maximum atomic E-state index is 12.5. The molecule has 1 fully saturated rings. The van der Waals surface area contributed by atoms with Gasteiger partial charge in [-0.3, -0.25) is 9.59 Å². The maximum absolute atomic E-state index is 12.5. The third-order valence-corrected chi connectivity index (χ3v) is 5.60. The van der Waals surface area contributed by atoms with Crippen LogP contribution < -0.4 is 19.7 Å². The second-order valence-electron chi connectivity index (χ2n) is 6.40. The Morgan fingerprint density at radius 3 is 2.68 bits per heavy atom. The number of rotatable bonds is 8. The average molecular weight is 401 g/mol. The molecule has 0 saturated carbocycles. The van der Waals surface area contributed by atoms with Gasteiger partial charge in [0, 0.05) is 36.2 Å². The molecule has 0 aliphatic carbocycles. The molecule has 0 aromatic heterocycles. The van der Waals surface area contributed by atoms with Crippen molar-refractivity contribution in [3.05, 3.63) is 48.5 Å². The summed E-state index contributed by atoms with van der Waals surface area (Å²) in [5.41, 5.74) is 0.627. The van der Waals surface area contributed by atoms with Gasteiger partial charge < -0.3 is 19.7 Å². The van der Waals surface area contributed by atoms with Gasteiger partial charge in [0.2, 0.25) is 11.8 Å². The van der Waals surface area contributed by atoms with Crippen LogP contribution in [0.2, 0.25) is 0 Å². The Balaban J connectivity index is 1.56. The summed E-state index contributed by atoms with van der Waals surface area (Å²) in [5.74, 6) is 1.44. The fraction of sp³-hybridized carbons (Fsp3) is 0.333. The number of hydrogen-bond acceptors (Lipinski definition) is 5. The van der Waals surface area contributed by atoms with Crippen LogP contribution in [0.4, 0.5) is 5.69 Å². The molecular weight excluding hydrogens is 376 g/mol. The fourth-order valence-electron chi connectivity index (χ4n) is 3.13.